The molecule has 152 valence electrons. The highest BCUT2D eigenvalue weighted by Gasteiger charge is 2.26. The first-order valence-electron chi connectivity index (χ1n) is 9.29. The van der Waals surface area contributed by atoms with Gasteiger partial charge in [0.15, 0.2) is 0 Å². The van der Waals surface area contributed by atoms with Crippen LogP contribution in [0.2, 0.25) is 0 Å². The third kappa shape index (κ3) is 4.00. The Bertz CT molecular complexity index is 1090. The molecule has 0 amide bonds. The molecule has 1 aromatic heterocycles. The van der Waals surface area contributed by atoms with Crippen molar-refractivity contribution in [3.8, 4) is 0 Å². The number of nitrogens with one attached hydrogen (secondary N) is 1. The molecule has 4 N–H and O–H groups in total. The topological polar surface area (TPSA) is 106 Å². The van der Waals surface area contributed by atoms with E-state index >= 15 is 0 Å². The van der Waals surface area contributed by atoms with Crippen molar-refractivity contribution >= 4 is 39.0 Å². The summed E-state index contributed by atoms with van der Waals surface area (Å²) < 4.78 is 21.2. The molecule has 0 saturated heterocycles. The van der Waals surface area contributed by atoms with Gasteiger partial charge in [0.2, 0.25) is 0 Å². The monoisotopic (exact) mass is 413 g/mol. The van der Waals surface area contributed by atoms with Crippen LogP contribution in [0.5, 0.6) is 0 Å². The molecule has 0 bridgehead atoms. The summed E-state index contributed by atoms with van der Waals surface area (Å²) in [5.74, 6) is -0.0573. The van der Waals surface area contributed by atoms with Crippen LogP contribution in [0.1, 0.15) is 11.1 Å². The van der Waals surface area contributed by atoms with Crippen molar-refractivity contribution in [1.29, 1.82) is 0 Å². The zero-order chi connectivity index (χ0) is 20.6. The molecule has 7 nitrogen and oxygen atoms in total. The van der Waals surface area contributed by atoms with Crippen molar-refractivity contribution in [3.05, 3.63) is 59.7 Å². The number of nitrogens with zero attached hydrogens (tertiary/aromatic N) is 2. The van der Waals surface area contributed by atoms with Crippen LogP contribution in [0.3, 0.4) is 0 Å². The number of aryl methyl sites for hydroxylation is 1. The number of benzene rings is 2. The molecule has 3 aromatic rings. The van der Waals surface area contributed by atoms with E-state index in [0.29, 0.717) is 29.5 Å². The summed E-state index contributed by atoms with van der Waals surface area (Å²) in [6.07, 6.45) is 0. The van der Waals surface area contributed by atoms with Gasteiger partial charge in [0, 0.05) is 30.2 Å². The second-order valence-corrected chi connectivity index (χ2v) is 9.38. The molecule has 0 atom stereocenters. The molecule has 1 aliphatic heterocycles. The molecular weight excluding hydrogens is 390 g/mol. The average molecular weight is 413 g/mol. The lowest BCUT2D eigenvalue weighted by atomic mass is 10.1. The average Bonchev–Trinajstić information content (AvgIpc) is 2.82. The second-order valence-electron chi connectivity index (χ2n) is 7.20. The number of hydrogen-bond donors (Lipinski definition) is 4. The summed E-state index contributed by atoms with van der Waals surface area (Å²) in [6.45, 7) is 2.70. The Morgan fingerprint density at radius 2 is 2.00 bits per heavy atom. The van der Waals surface area contributed by atoms with Gasteiger partial charge >= 0.3 is 5.97 Å². The fraction of sp³-hybridized carbons (Fsp3) is 0.238. The number of hydrogen-bond acceptors (Lipinski definition) is 6. The van der Waals surface area contributed by atoms with Gasteiger partial charge in [-0.2, -0.15) is 10.6 Å². The molecule has 0 spiro atoms. The third-order valence-electron chi connectivity index (χ3n) is 5.04. The number of anilines is 2. The smallest absolute Gasteiger partial charge is 0.322 e. The Kier molecular flexibility index (Phi) is 5.08. The first kappa shape index (κ1) is 19.5. The Hall–Kier alpha value is -2.81. The van der Waals surface area contributed by atoms with Crippen molar-refractivity contribution in [2.24, 2.45) is 0 Å². The van der Waals surface area contributed by atoms with E-state index in [0.717, 1.165) is 22.0 Å². The Balaban J connectivity index is 1.77. The number of aromatic nitrogens is 1. The largest absolute Gasteiger partial charge is 0.480 e. The maximum atomic E-state index is 11.1. The summed E-state index contributed by atoms with van der Waals surface area (Å²) in [5, 5.41) is 12.9. The van der Waals surface area contributed by atoms with Crippen LogP contribution in [0, 0.1) is 6.92 Å². The molecule has 0 unspecified atom stereocenters. The van der Waals surface area contributed by atoms with E-state index in [9.17, 15) is 13.9 Å². The first-order chi connectivity index (χ1) is 13.8. The van der Waals surface area contributed by atoms with Crippen LogP contribution in [-0.2, 0) is 11.3 Å². The van der Waals surface area contributed by atoms with Crippen molar-refractivity contribution in [1.82, 2.24) is 4.98 Å². The van der Waals surface area contributed by atoms with Crippen LogP contribution < -0.4 is 10.2 Å². The normalized spacial score (nSPS) is 16.7. The lowest BCUT2D eigenvalue weighted by Crippen LogP contribution is -2.26. The molecule has 2 aromatic carbocycles. The van der Waals surface area contributed by atoms with E-state index < -0.39 is 16.6 Å². The first-order valence-corrected chi connectivity index (χ1v) is 11.0. The summed E-state index contributed by atoms with van der Waals surface area (Å²) in [4.78, 5) is 18.4. The molecule has 0 saturated carbocycles. The summed E-state index contributed by atoms with van der Waals surface area (Å²) in [7, 11) is -2.86. The highest BCUT2D eigenvalue weighted by molar-refractivity contribution is 8.24. The fourth-order valence-electron chi connectivity index (χ4n) is 3.59. The standard InChI is InChI=1S/C21H23N3O4S/c1-14-6-7-17-16(10-14)18(22-12-21(25)26)11-20(23-17)24-8-9-29(27,28)19-5-3-2-4-15(19)13-24/h2-7,10-11,27-28H,8-9,12-13H2,1H3,(H,22,23)(H,25,26). The van der Waals surface area contributed by atoms with Gasteiger partial charge in [-0.15, -0.1) is 0 Å². The second kappa shape index (κ2) is 7.55. The minimum Gasteiger partial charge on any atom is -0.480 e. The van der Waals surface area contributed by atoms with Crippen LogP contribution >= 0.6 is 10.6 Å². The number of carboxylic acid groups (broad SMARTS) is 1. The van der Waals surface area contributed by atoms with Crippen molar-refractivity contribution in [2.45, 2.75) is 18.4 Å². The molecule has 2 heterocycles. The number of aliphatic carboxylic acids is 1. The number of carboxylic acids is 1. The molecule has 0 radical (unpaired) electrons. The molecule has 0 aliphatic carbocycles. The van der Waals surface area contributed by atoms with E-state index in [1.54, 1.807) is 6.07 Å². The predicted molar refractivity (Wildman–Crippen MR) is 116 cm³/mol. The van der Waals surface area contributed by atoms with Gasteiger partial charge in [-0.25, -0.2) is 4.98 Å². The van der Waals surface area contributed by atoms with Crippen LogP contribution in [0.4, 0.5) is 11.5 Å². The zero-order valence-electron chi connectivity index (χ0n) is 16.0. The van der Waals surface area contributed by atoms with Gasteiger partial charge in [-0.1, -0.05) is 29.8 Å². The van der Waals surface area contributed by atoms with E-state index in [1.807, 2.05) is 54.3 Å². The molecule has 29 heavy (non-hydrogen) atoms. The van der Waals surface area contributed by atoms with E-state index in [2.05, 4.69) is 5.32 Å². The highest BCUT2D eigenvalue weighted by atomic mass is 32.3. The minimum absolute atomic E-state index is 0.199. The van der Waals surface area contributed by atoms with E-state index in [-0.39, 0.29) is 12.3 Å². The molecule has 1 aliphatic rings. The molecule has 8 heteroatoms. The fourth-order valence-corrected chi connectivity index (χ4v) is 5.13. The number of carbonyl (C=O) groups is 1. The minimum atomic E-state index is -2.86. The number of fused-ring (bicyclic) bond motifs is 2. The maximum absolute atomic E-state index is 11.1. The highest BCUT2D eigenvalue weighted by Crippen LogP contribution is 2.51. The Labute approximate surface area is 170 Å². The van der Waals surface area contributed by atoms with Gasteiger partial charge in [0.05, 0.1) is 16.2 Å². The number of pyridine rings is 1. The van der Waals surface area contributed by atoms with E-state index in [4.69, 9.17) is 10.1 Å². The SMILES string of the molecule is Cc1ccc2nc(N3CCS(O)(O)c4ccccc4C3)cc(NCC(=O)O)c2c1. The lowest BCUT2D eigenvalue weighted by Gasteiger charge is -2.32. The van der Waals surface area contributed by atoms with Crippen molar-refractivity contribution < 1.29 is 19.0 Å². The Morgan fingerprint density at radius 1 is 1.21 bits per heavy atom. The van der Waals surface area contributed by atoms with Gasteiger partial charge < -0.3 is 15.3 Å². The van der Waals surface area contributed by atoms with Gasteiger partial charge in [-0.05, 0) is 30.7 Å². The predicted octanol–water partition coefficient (Wildman–Crippen LogP) is 4.17. The Morgan fingerprint density at radius 3 is 2.79 bits per heavy atom. The lowest BCUT2D eigenvalue weighted by molar-refractivity contribution is -0.134. The van der Waals surface area contributed by atoms with Crippen LogP contribution in [-0.4, -0.2) is 44.0 Å². The molecular formula is C21H23N3O4S. The van der Waals surface area contributed by atoms with Crippen LogP contribution in [0.25, 0.3) is 10.9 Å². The third-order valence-corrected chi connectivity index (χ3v) is 6.89. The summed E-state index contributed by atoms with van der Waals surface area (Å²) >= 11 is 0. The molecule has 0 fully saturated rings. The summed E-state index contributed by atoms with van der Waals surface area (Å²) in [6, 6.07) is 15.1. The van der Waals surface area contributed by atoms with E-state index in [1.165, 1.54) is 0 Å². The van der Waals surface area contributed by atoms with Crippen molar-refractivity contribution in [3.63, 3.8) is 0 Å². The van der Waals surface area contributed by atoms with Gasteiger partial charge in [0.25, 0.3) is 0 Å². The van der Waals surface area contributed by atoms with Crippen LogP contribution in [0.15, 0.2) is 53.4 Å². The van der Waals surface area contributed by atoms with Gasteiger partial charge in [-0.3, -0.25) is 13.9 Å². The van der Waals surface area contributed by atoms with Gasteiger partial charge in [0.1, 0.15) is 12.4 Å². The quantitative estimate of drug-likeness (QED) is 0.509. The van der Waals surface area contributed by atoms with Crippen molar-refractivity contribution in [2.75, 3.05) is 29.1 Å². The number of rotatable bonds is 4. The summed E-state index contributed by atoms with van der Waals surface area (Å²) in [5.41, 5.74) is 3.37. The maximum Gasteiger partial charge on any atom is 0.322 e. The molecule has 4 rings (SSSR count). The zero-order valence-corrected chi connectivity index (χ0v) is 16.8.